The molecule has 1 aromatic heterocycles. The third-order valence-electron chi connectivity index (χ3n) is 4.06. The summed E-state index contributed by atoms with van der Waals surface area (Å²) in [4.78, 5) is 25.4. The van der Waals surface area contributed by atoms with Crippen molar-refractivity contribution in [1.82, 2.24) is 10.2 Å². The van der Waals surface area contributed by atoms with Gasteiger partial charge in [-0.2, -0.15) is 0 Å². The number of carbonyl (C=O) groups excluding carboxylic acids is 1. The van der Waals surface area contributed by atoms with E-state index in [0.717, 1.165) is 31.2 Å². The molecule has 0 spiro atoms. The number of hydrogen-bond donors (Lipinski definition) is 2. The Labute approximate surface area is 124 Å². The lowest BCUT2D eigenvalue weighted by molar-refractivity contribution is -0.145. The van der Waals surface area contributed by atoms with E-state index in [2.05, 4.69) is 5.32 Å². The molecule has 1 fully saturated rings. The molecule has 1 aliphatic rings. The summed E-state index contributed by atoms with van der Waals surface area (Å²) in [5.41, 5.74) is -0.254. The first-order valence-electron chi connectivity index (χ1n) is 7.31. The minimum Gasteiger partial charge on any atom is -0.480 e. The number of carboxylic acid groups (broad SMARTS) is 1. The first kappa shape index (κ1) is 15.4. The summed E-state index contributed by atoms with van der Waals surface area (Å²) in [7, 11) is 1.65. The van der Waals surface area contributed by atoms with Crippen molar-refractivity contribution in [3.05, 3.63) is 24.2 Å². The number of furan rings is 1. The zero-order valence-corrected chi connectivity index (χ0v) is 12.3. The Hall–Kier alpha value is -1.98. The van der Waals surface area contributed by atoms with Crippen LogP contribution in [-0.4, -0.2) is 34.6 Å². The van der Waals surface area contributed by atoms with Crippen LogP contribution in [0.1, 0.15) is 44.1 Å². The highest BCUT2D eigenvalue weighted by molar-refractivity contribution is 5.86. The smallest absolute Gasteiger partial charge is 0.329 e. The number of nitrogens with zero attached hydrogens (tertiary/aromatic N) is 1. The van der Waals surface area contributed by atoms with Gasteiger partial charge in [-0.05, 0) is 18.9 Å². The second kappa shape index (κ2) is 6.65. The number of aliphatic carboxylic acids is 1. The Bertz CT molecular complexity index is 476. The van der Waals surface area contributed by atoms with E-state index < -0.39 is 11.5 Å². The summed E-state index contributed by atoms with van der Waals surface area (Å²) in [6.07, 6.45) is 7.82. The molecule has 0 aromatic carbocycles. The predicted octanol–water partition coefficient (Wildman–Crippen LogP) is 2.60. The van der Waals surface area contributed by atoms with Gasteiger partial charge in [-0.25, -0.2) is 9.59 Å². The molecule has 2 N–H and O–H groups in total. The van der Waals surface area contributed by atoms with Crippen LogP contribution in [0.4, 0.5) is 4.79 Å². The molecule has 1 heterocycles. The molecule has 2 rings (SSSR count). The highest BCUT2D eigenvalue weighted by atomic mass is 16.4. The number of carboxylic acids is 1. The van der Waals surface area contributed by atoms with Crippen LogP contribution < -0.4 is 5.32 Å². The third kappa shape index (κ3) is 3.77. The van der Waals surface area contributed by atoms with Crippen LogP contribution >= 0.6 is 0 Å². The summed E-state index contributed by atoms with van der Waals surface area (Å²) in [6.45, 7) is 0.387. The van der Waals surface area contributed by atoms with Crippen LogP contribution in [0.5, 0.6) is 0 Å². The fourth-order valence-electron chi connectivity index (χ4n) is 2.75. The van der Waals surface area contributed by atoms with Gasteiger partial charge < -0.3 is 19.7 Å². The first-order valence-corrected chi connectivity index (χ1v) is 7.31. The molecule has 1 saturated carbocycles. The molecule has 21 heavy (non-hydrogen) atoms. The Kier molecular flexibility index (Phi) is 4.88. The largest absolute Gasteiger partial charge is 0.480 e. The van der Waals surface area contributed by atoms with Crippen LogP contribution in [0.15, 0.2) is 23.0 Å². The standard InChI is InChI=1S/C15H22N2O4/c1-17(10-12-6-9-21-11-12)14(20)16-15(13(18)19)7-4-2-3-5-8-15/h6,9,11H,2-5,7-8,10H2,1H3,(H,16,20)(H,18,19). The van der Waals surface area contributed by atoms with Gasteiger partial charge in [0.05, 0.1) is 19.1 Å². The van der Waals surface area contributed by atoms with Crippen molar-refractivity contribution in [3.8, 4) is 0 Å². The average Bonchev–Trinajstić information content (AvgIpc) is 2.83. The van der Waals surface area contributed by atoms with Crippen LogP contribution in [0.3, 0.4) is 0 Å². The maximum atomic E-state index is 12.3. The number of nitrogens with one attached hydrogen (secondary N) is 1. The Morgan fingerprint density at radius 1 is 1.33 bits per heavy atom. The van der Waals surface area contributed by atoms with Crippen LogP contribution in [0, 0.1) is 0 Å². The van der Waals surface area contributed by atoms with Crippen molar-refractivity contribution < 1.29 is 19.1 Å². The van der Waals surface area contributed by atoms with Crippen molar-refractivity contribution in [2.75, 3.05) is 7.05 Å². The van der Waals surface area contributed by atoms with Crippen LogP contribution in [0.2, 0.25) is 0 Å². The molecule has 0 atom stereocenters. The number of hydrogen-bond acceptors (Lipinski definition) is 3. The minimum atomic E-state index is -1.13. The third-order valence-corrected chi connectivity index (χ3v) is 4.06. The maximum absolute atomic E-state index is 12.3. The summed E-state index contributed by atoms with van der Waals surface area (Å²) < 4.78 is 4.97. The molecular formula is C15H22N2O4. The van der Waals surface area contributed by atoms with E-state index in [9.17, 15) is 14.7 Å². The molecule has 0 bridgehead atoms. The second-order valence-electron chi connectivity index (χ2n) is 5.72. The highest BCUT2D eigenvalue weighted by Crippen LogP contribution is 2.27. The van der Waals surface area contributed by atoms with E-state index in [0.29, 0.717) is 19.4 Å². The molecule has 0 radical (unpaired) electrons. The molecule has 1 aromatic rings. The number of urea groups is 1. The van der Waals surface area contributed by atoms with Gasteiger partial charge in [0.15, 0.2) is 0 Å². The molecular weight excluding hydrogens is 272 g/mol. The zero-order valence-electron chi connectivity index (χ0n) is 12.3. The molecule has 116 valence electrons. The summed E-state index contributed by atoms with van der Waals surface area (Å²) >= 11 is 0. The Morgan fingerprint density at radius 2 is 2.00 bits per heavy atom. The first-order chi connectivity index (χ1) is 10.0. The fraction of sp³-hybridized carbons (Fsp3) is 0.600. The van der Waals surface area contributed by atoms with Crippen molar-refractivity contribution in [1.29, 1.82) is 0 Å². The minimum absolute atomic E-state index is 0.361. The van der Waals surface area contributed by atoms with Gasteiger partial charge in [0.2, 0.25) is 0 Å². The van der Waals surface area contributed by atoms with E-state index in [-0.39, 0.29) is 6.03 Å². The summed E-state index contributed by atoms with van der Waals surface area (Å²) in [5, 5.41) is 12.3. The van der Waals surface area contributed by atoms with Crippen LogP contribution in [-0.2, 0) is 11.3 Å². The normalized spacial score (nSPS) is 17.8. The molecule has 1 aliphatic carbocycles. The lowest BCUT2D eigenvalue weighted by atomic mass is 9.90. The molecule has 0 saturated heterocycles. The fourth-order valence-corrected chi connectivity index (χ4v) is 2.75. The van der Waals surface area contributed by atoms with E-state index >= 15 is 0 Å². The van der Waals surface area contributed by atoms with E-state index in [1.807, 2.05) is 0 Å². The van der Waals surface area contributed by atoms with Crippen molar-refractivity contribution in [2.24, 2.45) is 0 Å². The molecule has 6 nitrogen and oxygen atoms in total. The molecule has 0 unspecified atom stereocenters. The van der Waals surface area contributed by atoms with Gasteiger partial charge in [-0.1, -0.05) is 25.7 Å². The average molecular weight is 294 g/mol. The summed E-state index contributed by atoms with van der Waals surface area (Å²) in [6, 6.07) is 1.42. The SMILES string of the molecule is CN(Cc1ccoc1)C(=O)NC1(C(=O)O)CCCCCC1. The van der Waals surface area contributed by atoms with Gasteiger partial charge in [-0.15, -0.1) is 0 Å². The second-order valence-corrected chi connectivity index (χ2v) is 5.72. The summed E-state index contributed by atoms with van der Waals surface area (Å²) in [5.74, 6) is -0.936. The Morgan fingerprint density at radius 3 is 2.52 bits per heavy atom. The zero-order chi connectivity index (χ0) is 15.3. The topological polar surface area (TPSA) is 82.8 Å². The highest BCUT2D eigenvalue weighted by Gasteiger charge is 2.40. The van der Waals surface area contributed by atoms with Gasteiger partial charge in [0, 0.05) is 12.6 Å². The number of rotatable bonds is 4. The van der Waals surface area contributed by atoms with Gasteiger partial charge in [0.25, 0.3) is 0 Å². The number of carbonyl (C=O) groups is 2. The van der Waals surface area contributed by atoms with Crippen LogP contribution in [0.25, 0.3) is 0 Å². The maximum Gasteiger partial charge on any atom is 0.329 e. The molecule has 2 amide bonds. The lowest BCUT2D eigenvalue weighted by Crippen LogP contribution is -2.57. The van der Waals surface area contributed by atoms with Gasteiger partial charge >= 0.3 is 12.0 Å². The van der Waals surface area contributed by atoms with Crippen molar-refractivity contribution in [2.45, 2.75) is 50.6 Å². The van der Waals surface area contributed by atoms with E-state index in [1.54, 1.807) is 25.6 Å². The quantitative estimate of drug-likeness (QED) is 0.836. The lowest BCUT2D eigenvalue weighted by Gasteiger charge is -2.31. The van der Waals surface area contributed by atoms with Crippen molar-refractivity contribution in [3.63, 3.8) is 0 Å². The van der Waals surface area contributed by atoms with Gasteiger partial charge in [0.1, 0.15) is 5.54 Å². The van der Waals surface area contributed by atoms with E-state index in [1.165, 1.54) is 4.90 Å². The number of amides is 2. The van der Waals surface area contributed by atoms with Gasteiger partial charge in [-0.3, -0.25) is 0 Å². The van der Waals surface area contributed by atoms with E-state index in [4.69, 9.17) is 4.42 Å². The molecule has 6 heteroatoms. The molecule has 0 aliphatic heterocycles. The Balaban J connectivity index is 2.02. The monoisotopic (exact) mass is 294 g/mol. The predicted molar refractivity (Wildman–Crippen MR) is 76.8 cm³/mol. The van der Waals surface area contributed by atoms with Crippen molar-refractivity contribution >= 4 is 12.0 Å².